The molecule has 1 aromatic carbocycles. The summed E-state index contributed by atoms with van der Waals surface area (Å²) in [5.74, 6) is -0.174. The molecule has 8 heteroatoms. The van der Waals surface area contributed by atoms with Crippen molar-refractivity contribution in [3.63, 3.8) is 0 Å². The molecule has 2 heterocycles. The summed E-state index contributed by atoms with van der Waals surface area (Å²) in [6.45, 7) is 5.74. The molecule has 0 aliphatic carbocycles. The molecule has 0 spiro atoms. The predicted octanol–water partition coefficient (Wildman–Crippen LogP) is 4.91. The Balaban J connectivity index is 2.01. The van der Waals surface area contributed by atoms with Crippen LogP contribution in [0.15, 0.2) is 48.8 Å². The normalized spacial score (nSPS) is 12.0. The lowest BCUT2D eigenvalue weighted by Crippen LogP contribution is -2.31. The minimum atomic E-state index is -0.671. The van der Waals surface area contributed by atoms with Gasteiger partial charge in [0.25, 0.3) is 5.91 Å². The van der Waals surface area contributed by atoms with Gasteiger partial charge in [-0.1, -0.05) is 31.5 Å². The Morgan fingerprint density at radius 3 is 2.68 bits per heavy atom. The third kappa shape index (κ3) is 5.57. The number of nitrogens with zero attached hydrogens (tertiary/aromatic N) is 2. The molecule has 0 saturated carbocycles. The quantitative estimate of drug-likeness (QED) is 0.483. The molecule has 31 heavy (non-hydrogen) atoms. The number of hydrogen-bond donors (Lipinski definition) is 3. The summed E-state index contributed by atoms with van der Waals surface area (Å²) in [7, 11) is 0. The van der Waals surface area contributed by atoms with Crippen LogP contribution in [-0.2, 0) is 0 Å². The second-order valence-electron chi connectivity index (χ2n) is 7.52. The first-order valence-electron chi connectivity index (χ1n) is 9.90. The Bertz CT molecular complexity index is 1090. The highest BCUT2D eigenvalue weighted by Crippen LogP contribution is 2.31. The number of rotatable bonds is 7. The second kappa shape index (κ2) is 9.85. The van der Waals surface area contributed by atoms with Crippen molar-refractivity contribution in [2.45, 2.75) is 32.8 Å². The van der Waals surface area contributed by atoms with Gasteiger partial charge in [-0.15, -0.1) is 0 Å². The van der Waals surface area contributed by atoms with Gasteiger partial charge in [0.1, 0.15) is 11.6 Å². The maximum absolute atomic E-state index is 14.4. The zero-order valence-corrected chi connectivity index (χ0v) is 18.2. The summed E-state index contributed by atoms with van der Waals surface area (Å²) in [6.07, 6.45) is 2.33. The molecule has 0 aliphatic heterocycles. The molecular formula is C23H24ClFN4O2. The lowest BCUT2D eigenvalue weighted by molar-refractivity contribution is 0.0924. The Labute approximate surface area is 185 Å². The zero-order valence-electron chi connectivity index (χ0n) is 17.5. The van der Waals surface area contributed by atoms with E-state index in [0.29, 0.717) is 27.8 Å². The number of nitrogens with one attached hydrogen (secondary N) is 2. The summed E-state index contributed by atoms with van der Waals surface area (Å²) in [6, 6.07) is 9.60. The van der Waals surface area contributed by atoms with E-state index in [0.717, 1.165) is 5.56 Å². The molecule has 6 nitrogen and oxygen atoms in total. The molecule has 0 saturated heterocycles. The van der Waals surface area contributed by atoms with Gasteiger partial charge in [0.15, 0.2) is 0 Å². The topological polar surface area (TPSA) is 87.1 Å². The zero-order chi connectivity index (χ0) is 22.5. The largest absolute Gasteiger partial charge is 0.392 e. The molecule has 3 rings (SSSR count). The molecule has 0 bridgehead atoms. The molecule has 0 fully saturated rings. The number of benzene rings is 1. The standard InChI is InChI=1S/C23H24ClFN4O2/c1-13(2)16-5-7-20(17-10-15(24)4-6-19(17)25)28-22(16)29-21-8-9-26-12-18(21)23(31)27-11-14(3)30/h4-10,12-14,30H,11H2,1-3H3,(H,27,31)(H,26,28,29)/t14-/m0/s1. The SMILES string of the molecule is CC(C)c1ccc(-c2cc(Cl)ccc2F)nc1Nc1ccncc1C(=O)NC[C@H](C)O. The lowest BCUT2D eigenvalue weighted by atomic mass is 10.0. The van der Waals surface area contributed by atoms with Crippen molar-refractivity contribution in [1.82, 2.24) is 15.3 Å². The van der Waals surface area contributed by atoms with E-state index >= 15 is 0 Å². The Kier molecular flexibility index (Phi) is 7.20. The molecular weight excluding hydrogens is 419 g/mol. The summed E-state index contributed by atoms with van der Waals surface area (Å²) < 4.78 is 14.4. The van der Waals surface area contributed by atoms with Crippen LogP contribution in [0.25, 0.3) is 11.3 Å². The lowest BCUT2D eigenvalue weighted by Gasteiger charge is -2.17. The summed E-state index contributed by atoms with van der Waals surface area (Å²) in [5, 5.41) is 15.7. The average molecular weight is 443 g/mol. The summed E-state index contributed by atoms with van der Waals surface area (Å²) in [4.78, 5) is 21.2. The highest BCUT2D eigenvalue weighted by molar-refractivity contribution is 6.30. The number of anilines is 2. The van der Waals surface area contributed by atoms with E-state index in [1.54, 1.807) is 25.3 Å². The summed E-state index contributed by atoms with van der Waals surface area (Å²) in [5.41, 5.74) is 2.41. The minimum absolute atomic E-state index is 0.117. The van der Waals surface area contributed by atoms with Crippen molar-refractivity contribution in [3.05, 3.63) is 70.8 Å². The average Bonchev–Trinajstić information content (AvgIpc) is 2.74. The molecule has 0 aliphatic rings. The van der Waals surface area contributed by atoms with Crippen LogP contribution < -0.4 is 10.6 Å². The van der Waals surface area contributed by atoms with Crippen LogP contribution in [0.3, 0.4) is 0 Å². The van der Waals surface area contributed by atoms with Crippen LogP contribution in [0.5, 0.6) is 0 Å². The summed E-state index contributed by atoms with van der Waals surface area (Å²) >= 11 is 6.05. The van der Waals surface area contributed by atoms with Crippen LogP contribution in [0.1, 0.15) is 42.6 Å². The van der Waals surface area contributed by atoms with Gasteiger partial charge < -0.3 is 15.7 Å². The van der Waals surface area contributed by atoms with Gasteiger partial charge in [0.05, 0.1) is 23.0 Å². The van der Waals surface area contributed by atoms with Crippen molar-refractivity contribution in [3.8, 4) is 11.3 Å². The first-order valence-corrected chi connectivity index (χ1v) is 10.3. The fourth-order valence-electron chi connectivity index (χ4n) is 3.03. The third-order valence-electron chi connectivity index (χ3n) is 4.63. The van der Waals surface area contributed by atoms with Crippen LogP contribution >= 0.6 is 11.6 Å². The maximum atomic E-state index is 14.4. The molecule has 1 amide bonds. The van der Waals surface area contributed by atoms with Crippen LogP contribution in [0.4, 0.5) is 15.9 Å². The van der Waals surface area contributed by atoms with Gasteiger partial charge in [-0.05, 0) is 48.7 Å². The van der Waals surface area contributed by atoms with Crippen molar-refractivity contribution < 1.29 is 14.3 Å². The van der Waals surface area contributed by atoms with Crippen molar-refractivity contribution in [2.75, 3.05) is 11.9 Å². The number of halogens is 2. The van der Waals surface area contributed by atoms with Crippen molar-refractivity contribution in [1.29, 1.82) is 0 Å². The van der Waals surface area contributed by atoms with E-state index < -0.39 is 11.9 Å². The fourth-order valence-corrected chi connectivity index (χ4v) is 3.20. The molecule has 0 radical (unpaired) electrons. The fraction of sp³-hybridized carbons (Fsp3) is 0.261. The number of aliphatic hydroxyl groups excluding tert-OH is 1. The Morgan fingerprint density at radius 1 is 1.19 bits per heavy atom. The van der Waals surface area contributed by atoms with Gasteiger partial charge in [-0.25, -0.2) is 9.37 Å². The number of hydrogen-bond acceptors (Lipinski definition) is 5. The molecule has 162 valence electrons. The monoisotopic (exact) mass is 442 g/mol. The second-order valence-corrected chi connectivity index (χ2v) is 7.95. The first-order chi connectivity index (χ1) is 14.8. The highest BCUT2D eigenvalue weighted by atomic mass is 35.5. The van der Waals surface area contributed by atoms with Gasteiger partial charge >= 0.3 is 0 Å². The smallest absolute Gasteiger partial charge is 0.255 e. The third-order valence-corrected chi connectivity index (χ3v) is 4.86. The van der Waals surface area contributed by atoms with E-state index in [9.17, 15) is 14.3 Å². The van der Waals surface area contributed by atoms with E-state index in [1.165, 1.54) is 24.4 Å². The molecule has 1 atom stereocenters. The van der Waals surface area contributed by atoms with Gasteiger partial charge in [0.2, 0.25) is 0 Å². The number of carbonyl (C=O) groups is 1. The van der Waals surface area contributed by atoms with Gasteiger partial charge in [0, 0.05) is 29.5 Å². The molecule has 2 aromatic heterocycles. The maximum Gasteiger partial charge on any atom is 0.255 e. The van der Waals surface area contributed by atoms with E-state index in [1.807, 2.05) is 19.9 Å². The number of aliphatic hydroxyl groups is 1. The number of carbonyl (C=O) groups excluding carboxylic acids is 1. The van der Waals surface area contributed by atoms with E-state index in [4.69, 9.17) is 11.6 Å². The number of aromatic nitrogens is 2. The van der Waals surface area contributed by atoms with Crippen molar-refractivity contribution >= 4 is 29.0 Å². The number of pyridine rings is 2. The number of amides is 1. The van der Waals surface area contributed by atoms with E-state index in [2.05, 4.69) is 20.6 Å². The highest BCUT2D eigenvalue weighted by Gasteiger charge is 2.17. The molecule has 3 aromatic rings. The van der Waals surface area contributed by atoms with Crippen LogP contribution in [0.2, 0.25) is 5.02 Å². The Morgan fingerprint density at radius 2 is 1.97 bits per heavy atom. The van der Waals surface area contributed by atoms with E-state index in [-0.39, 0.29) is 23.9 Å². The van der Waals surface area contributed by atoms with Gasteiger partial charge in [-0.2, -0.15) is 0 Å². The Hall–Kier alpha value is -3.03. The van der Waals surface area contributed by atoms with Crippen LogP contribution in [0, 0.1) is 5.82 Å². The predicted molar refractivity (Wildman–Crippen MR) is 120 cm³/mol. The molecule has 0 unspecified atom stereocenters. The van der Waals surface area contributed by atoms with Crippen LogP contribution in [-0.4, -0.2) is 33.6 Å². The minimum Gasteiger partial charge on any atom is -0.392 e. The first kappa shape index (κ1) is 22.7. The van der Waals surface area contributed by atoms with Gasteiger partial charge in [-0.3, -0.25) is 9.78 Å². The van der Waals surface area contributed by atoms with Crippen molar-refractivity contribution in [2.24, 2.45) is 0 Å². The molecule has 3 N–H and O–H groups in total.